The van der Waals surface area contributed by atoms with Gasteiger partial charge < -0.3 is 9.57 Å². The van der Waals surface area contributed by atoms with E-state index in [0.29, 0.717) is 17.0 Å². The van der Waals surface area contributed by atoms with Gasteiger partial charge in [0, 0.05) is 18.8 Å². The van der Waals surface area contributed by atoms with Crippen molar-refractivity contribution in [2.24, 2.45) is 12.2 Å². The second-order valence-corrected chi connectivity index (χ2v) is 6.65. The minimum absolute atomic E-state index is 0.374. The smallest absolute Gasteiger partial charge is 0.368 e. The fourth-order valence-corrected chi connectivity index (χ4v) is 3.40. The van der Waals surface area contributed by atoms with Gasteiger partial charge in [-0.3, -0.25) is 0 Å². The maximum absolute atomic E-state index is 12.6. The summed E-state index contributed by atoms with van der Waals surface area (Å²) < 4.78 is 8.01. The SMILES string of the molecule is CC=NOC(c1ccc2ccccc2c1)c1c(OC)cccc1-n1nnn(C)c1=O. The van der Waals surface area contributed by atoms with Crippen molar-refractivity contribution in [3.05, 3.63) is 82.3 Å². The molecular weight excluding hydrogens is 382 g/mol. The van der Waals surface area contributed by atoms with Crippen LogP contribution in [-0.2, 0) is 11.9 Å². The largest absolute Gasteiger partial charge is 0.496 e. The number of aromatic nitrogens is 4. The molecule has 3 aromatic carbocycles. The molecule has 8 nitrogen and oxygen atoms in total. The van der Waals surface area contributed by atoms with Gasteiger partial charge in [-0.15, -0.1) is 0 Å². The Kier molecular flexibility index (Phi) is 5.30. The first-order chi connectivity index (χ1) is 14.6. The van der Waals surface area contributed by atoms with E-state index in [1.165, 1.54) is 9.36 Å². The third-order valence-corrected chi connectivity index (χ3v) is 4.82. The van der Waals surface area contributed by atoms with Crippen LogP contribution in [0, 0.1) is 0 Å². The number of fused-ring (bicyclic) bond motifs is 1. The highest BCUT2D eigenvalue weighted by Crippen LogP contribution is 2.38. The average Bonchev–Trinajstić information content (AvgIpc) is 3.12. The Bertz CT molecular complexity index is 1280. The summed E-state index contributed by atoms with van der Waals surface area (Å²) >= 11 is 0. The molecule has 0 saturated heterocycles. The summed E-state index contributed by atoms with van der Waals surface area (Å²) in [7, 11) is 3.12. The van der Waals surface area contributed by atoms with Gasteiger partial charge in [-0.1, -0.05) is 47.6 Å². The van der Waals surface area contributed by atoms with E-state index in [-0.39, 0.29) is 5.69 Å². The summed E-state index contributed by atoms with van der Waals surface area (Å²) in [5, 5.41) is 14.0. The number of hydrogen-bond donors (Lipinski definition) is 0. The van der Waals surface area contributed by atoms with Gasteiger partial charge in [-0.05, 0) is 46.3 Å². The number of oxime groups is 1. The molecule has 0 fully saturated rings. The molecule has 0 amide bonds. The molecule has 152 valence electrons. The van der Waals surface area contributed by atoms with Gasteiger partial charge in [0.2, 0.25) is 0 Å². The molecule has 0 saturated carbocycles. The first-order valence-electron chi connectivity index (χ1n) is 9.43. The second-order valence-electron chi connectivity index (χ2n) is 6.65. The molecule has 0 bridgehead atoms. The van der Waals surface area contributed by atoms with E-state index in [0.717, 1.165) is 16.3 Å². The highest BCUT2D eigenvalue weighted by molar-refractivity contribution is 5.83. The molecular formula is C22H21N5O3. The van der Waals surface area contributed by atoms with Crippen LogP contribution in [0.2, 0.25) is 0 Å². The molecule has 8 heteroatoms. The van der Waals surface area contributed by atoms with Crippen molar-refractivity contribution in [3.8, 4) is 11.4 Å². The van der Waals surface area contributed by atoms with Gasteiger partial charge in [0.25, 0.3) is 0 Å². The Hall–Kier alpha value is -3.94. The molecule has 30 heavy (non-hydrogen) atoms. The molecule has 1 atom stereocenters. The summed E-state index contributed by atoms with van der Waals surface area (Å²) in [5.41, 5.74) is 1.63. The maximum atomic E-state index is 12.6. The highest BCUT2D eigenvalue weighted by Gasteiger charge is 2.26. The molecule has 0 aliphatic heterocycles. The van der Waals surface area contributed by atoms with Gasteiger partial charge in [0.15, 0.2) is 6.10 Å². The third-order valence-electron chi connectivity index (χ3n) is 4.82. The third kappa shape index (κ3) is 3.43. The lowest BCUT2D eigenvalue weighted by molar-refractivity contribution is 0.0865. The molecule has 1 unspecified atom stereocenters. The topological polar surface area (TPSA) is 83.5 Å². The molecule has 4 aromatic rings. The lowest BCUT2D eigenvalue weighted by Crippen LogP contribution is -2.24. The number of ether oxygens (including phenoxy) is 1. The molecule has 1 aromatic heterocycles. The van der Waals surface area contributed by atoms with Crippen LogP contribution in [0.5, 0.6) is 5.75 Å². The van der Waals surface area contributed by atoms with Gasteiger partial charge in [-0.2, -0.15) is 9.36 Å². The number of hydrogen-bond acceptors (Lipinski definition) is 6. The van der Waals surface area contributed by atoms with Crippen LogP contribution in [-0.4, -0.2) is 33.1 Å². The van der Waals surface area contributed by atoms with Crippen LogP contribution in [0.3, 0.4) is 0 Å². The Morgan fingerprint density at radius 1 is 1.03 bits per heavy atom. The van der Waals surface area contributed by atoms with Crippen LogP contribution in [0.4, 0.5) is 0 Å². The normalized spacial score (nSPS) is 12.4. The van der Waals surface area contributed by atoms with Crippen LogP contribution < -0.4 is 10.4 Å². The van der Waals surface area contributed by atoms with Crippen LogP contribution in [0.15, 0.2) is 70.6 Å². The number of methoxy groups -OCH3 is 1. The number of aryl methyl sites for hydroxylation is 1. The van der Waals surface area contributed by atoms with E-state index in [9.17, 15) is 4.79 Å². The van der Waals surface area contributed by atoms with E-state index < -0.39 is 6.10 Å². The quantitative estimate of drug-likeness (QED) is 0.365. The predicted molar refractivity (Wildman–Crippen MR) is 114 cm³/mol. The minimum atomic E-state index is -0.633. The van der Waals surface area contributed by atoms with Crippen molar-refractivity contribution in [2.75, 3.05) is 7.11 Å². The summed E-state index contributed by atoms with van der Waals surface area (Å²) in [4.78, 5) is 18.4. The second kappa shape index (κ2) is 8.20. The number of nitrogens with zero attached hydrogens (tertiary/aromatic N) is 5. The molecule has 0 radical (unpaired) electrons. The van der Waals surface area contributed by atoms with Crippen LogP contribution in [0.25, 0.3) is 16.5 Å². The van der Waals surface area contributed by atoms with E-state index >= 15 is 0 Å². The molecule has 0 aliphatic carbocycles. The molecule has 4 rings (SSSR count). The lowest BCUT2D eigenvalue weighted by Gasteiger charge is -2.21. The fraction of sp³-hybridized carbons (Fsp3) is 0.182. The van der Waals surface area contributed by atoms with Crippen LogP contribution >= 0.6 is 0 Å². The Morgan fingerprint density at radius 3 is 2.53 bits per heavy atom. The Balaban J connectivity index is 1.96. The summed E-state index contributed by atoms with van der Waals surface area (Å²) in [5.74, 6) is 0.550. The van der Waals surface area contributed by atoms with Crippen molar-refractivity contribution in [3.63, 3.8) is 0 Å². The monoisotopic (exact) mass is 403 g/mol. The zero-order valence-electron chi connectivity index (χ0n) is 16.9. The van der Waals surface area contributed by atoms with E-state index in [2.05, 4.69) is 15.6 Å². The lowest BCUT2D eigenvalue weighted by atomic mass is 9.96. The zero-order chi connectivity index (χ0) is 21.1. The number of tetrazole rings is 1. The summed E-state index contributed by atoms with van der Waals surface area (Å²) in [6.07, 6.45) is 0.934. The molecule has 0 aliphatic rings. The number of benzene rings is 3. The molecule has 0 N–H and O–H groups in total. The molecule has 1 heterocycles. The van der Waals surface area contributed by atoms with Crippen molar-refractivity contribution in [1.82, 2.24) is 19.8 Å². The standard InChI is InChI=1S/C22H21N5O3/c1-4-23-30-21(17-13-12-15-8-5-6-9-16(15)14-17)20-18(10-7-11-19(20)29-3)27-22(28)26(2)24-25-27/h4-14,21H,1-3H3. The first kappa shape index (κ1) is 19.4. The van der Waals surface area contributed by atoms with E-state index in [1.54, 1.807) is 39.4 Å². The minimum Gasteiger partial charge on any atom is -0.496 e. The summed E-state index contributed by atoms with van der Waals surface area (Å²) in [6, 6.07) is 19.5. The molecule has 0 spiro atoms. The summed E-state index contributed by atoms with van der Waals surface area (Å²) in [6.45, 7) is 1.77. The fourth-order valence-electron chi connectivity index (χ4n) is 3.40. The predicted octanol–water partition coefficient (Wildman–Crippen LogP) is 3.24. The average molecular weight is 403 g/mol. The van der Waals surface area contributed by atoms with E-state index in [1.807, 2.05) is 48.5 Å². The maximum Gasteiger partial charge on any atom is 0.368 e. The van der Waals surface area contributed by atoms with Crippen LogP contribution in [0.1, 0.15) is 24.2 Å². The van der Waals surface area contributed by atoms with Crippen molar-refractivity contribution in [2.45, 2.75) is 13.0 Å². The highest BCUT2D eigenvalue weighted by atomic mass is 16.6. The van der Waals surface area contributed by atoms with Gasteiger partial charge >= 0.3 is 5.69 Å². The van der Waals surface area contributed by atoms with Gasteiger partial charge in [-0.25, -0.2) is 4.79 Å². The van der Waals surface area contributed by atoms with E-state index in [4.69, 9.17) is 9.57 Å². The van der Waals surface area contributed by atoms with Gasteiger partial charge in [0.05, 0.1) is 18.4 Å². The first-order valence-corrected chi connectivity index (χ1v) is 9.43. The Labute approximate surface area is 172 Å². The van der Waals surface area contributed by atoms with Crippen molar-refractivity contribution >= 4 is 17.0 Å². The zero-order valence-corrected chi connectivity index (χ0v) is 16.9. The number of rotatable bonds is 6. The van der Waals surface area contributed by atoms with Crippen molar-refractivity contribution in [1.29, 1.82) is 0 Å². The van der Waals surface area contributed by atoms with Gasteiger partial charge in [0.1, 0.15) is 5.75 Å². The Morgan fingerprint density at radius 2 is 1.83 bits per heavy atom. The van der Waals surface area contributed by atoms with Crippen molar-refractivity contribution < 1.29 is 9.57 Å².